The highest BCUT2D eigenvalue weighted by Gasteiger charge is 2.14. The molecule has 0 fully saturated rings. The molecule has 0 unspecified atom stereocenters. The van der Waals surface area contributed by atoms with Crippen molar-refractivity contribution in [3.05, 3.63) is 68.7 Å². The van der Waals surface area contributed by atoms with Crippen molar-refractivity contribution >= 4 is 40.6 Å². The summed E-state index contributed by atoms with van der Waals surface area (Å²) < 4.78 is 1.76. The molecule has 2 aromatic carbocycles. The summed E-state index contributed by atoms with van der Waals surface area (Å²) in [5, 5.41) is 5.73. The lowest BCUT2D eigenvalue weighted by Gasteiger charge is -2.11. The molecule has 3 aromatic rings. The van der Waals surface area contributed by atoms with Gasteiger partial charge in [-0.05, 0) is 49.5 Å². The smallest absolute Gasteiger partial charge is 0.262 e. The molecule has 0 bridgehead atoms. The van der Waals surface area contributed by atoms with Crippen molar-refractivity contribution in [2.45, 2.75) is 13.5 Å². The van der Waals surface area contributed by atoms with E-state index in [0.717, 1.165) is 0 Å². The molecule has 2 amide bonds. The second-order valence-corrected chi connectivity index (χ2v) is 6.21. The predicted molar refractivity (Wildman–Crippen MR) is 107 cm³/mol. The second kappa shape index (κ2) is 7.55. The van der Waals surface area contributed by atoms with Crippen molar-refractivity contribution in [2.24, 2.45) is 0 Å². The molecule has 0 radical (unpaired) electrons. The highest BCUT2D eigenvalue weighted by Crippen LogP contribution is 2.17. The Kier molecular flexibility index (Phi) is 5.18. The molecular formula is C19H18N4O3S. The average Bonchev–Trinajstić information content (AvgIpc) is 2.67. The standard InChI is InChI=1S/C19H18N4O3S/c1-3-23-18(26)13-9-8-11(10-15(13)22-19(23)27)16(24)21-14-7-5-4-6-12(14)17(25)20-2/h4-10H,3H2,1-2H3,(H,20,25)(H,21,24)(H,22,27). The molecule has 8 heteroatoms. The number of amides is 2. The van der Waals surface area contributed by atoms with Gasteiger partial charge in [-0.1, -0.05) is 12.1 Å². The van der Waals surface area contributed by atoms with Crippen LogP contribution in [0.4, 0.5) is 5.69 Å². The van der Waals surface area contributed by atoms with Gasteiger partial charge in [-0.2, -0.15) is 0 Å². The topological polar surface area (TPSA) is 96.0 Å². The number of hydrogen-bond acceptors (Lipinski definition) is 4. The van der Waals surface area contributed by atoms with Crippen LogP contribution in [-0.2, 0) is 6.54 Å². The summed E-state index contributed by atoms with van der Waals surface area (Å²) in [7, 11) is 1.52. The Bertz CT molecular complexity index is 1160. The van der Waals surface area contributed by atoms with Crippen molar-refractivity contribution in [3.63, 3.8) is 0 Å². The third kappa shape index (κ3) is 3.52. The lowest BCUT2D eigenvalue weighted by Crippen LogP contribution is -2.22. The van der Waals surface area contributed by atoms with E-state index in [2.05, 4.69) is 15.6 Å². The van der Waals surface area contributed by atoms with Gasteiger partial charge in [0.25, 0.3) is 17.4 Å². The molecule has 3 N–H and O–H groups in total. The number of hydrogen-bond donors (Lipinski definition) is 3. The van der Waals surface area contributed by atoms with Crippen LogP contribution < -0.4 is 16.2 Å². The summed E-state index contributed by atoms with van der Waals surface area (Å²) in [6, 6.07) is 11.5. The van der Waals surface area contributed by atoms with E-state index in [1.165, 1.54) is 11.6 Å². The summed E-state index contributed by atoms with van der Waals surface area (Å²) >= 11 is 5.20. The number of H-pyrrole nitrogens is 1. The van der Waals surface area contributed by atoms with E-state index < -0.39 is 5.91 Å². The first-order chi connectivity index (χ1) is 13.0. The Morgan fingerprint density at radius 2 is 1.89 bits per heavy atom. The van der Waals surface area contributed by atoms with Crippen molar-refractivity contribution in [1.82, 2.24) is 14.9 Å². The number of benzene rings is 2. The molecule has 0 aliphatic heterocycles. The van der Waals surface area contributed by atoms with Gasteiger partial charge in [0.05, 0.1) is 22.2 Å². The van der Waals surface area contributed by atoms with Crippen LogP contribution >= 0.6 is 12.2 Å². The number of aromatic amines is 1. The highest BCUT2D eigenvalue weighted by molar-refractivity contribution is 7.71. The van der Waals surface area contributed by atoms with E-state index in [1.807, 2.05) is 6.92 Å². The van der Waals surface area contributed by atoms with Gasteiger partial charge >= 0.3 is 0 Å². The zero-order valence-electron chi connectivity index (χ0n) is 14.8. The van der Waals surface area contributed by atoms with Gasteiger partial charge in [0.15, 0.2) is 4.77 Å². The van der Waals surface area contributed by atoms with Gasteiger partial charge < -0.3 is 15.6 Å². The van der Waals surface area contributed by atoms with Crippen LogP contribution in [0.3, 0.4) is 0 Å². The minimum atomic E-state index is -0.396. The zero-order chi connectivity index (χ0) is 19.6. The number of para-hydroxylation sites is 1. The number of anilines is 1. The molecular weight excluding hydrogens is 364 g/mol. The molecule has 3 rings (SSSR count). The Balaban J connectivity index is 1.99. The van der Waals surface area contributed by atoms with Crippen LogP contribution in [0.15, 0.2) is 47.3 Å². The van der Waals surface area contributed by atoms with Crippen LogP contribution in [0.5, 0.6) is 0 Å². The van der Waals surface area contributed by atoms with E-state index in [1.54, 1.807) is 42.5 Å². The summed E-state index contributed by atoms with van der Waals surface area (Å²) in [5.74, 6) is -0.694. The van der Waals surface area contributed by atoms with Crippen LogP contribution in [0.2, 0.25) is 0 Å². The van der Waals surface area contributed by atoms with E-state index in [0.29, 0.717) is 39.0 Å². The molecule has 27 heavy (non-hydrogen) atoms. The minimum Gasteiger partial charge on any atom is -0.355 e. The largest absolute Gasteiger partial charge is 0.355 e. The Morgan fingerprint density at radius 3 is 2.59 bits per heavy atom. The van der Waals surface area contributed by atoms with Gasteiger partial charge in [-0.3, -0.25) is 19.0 Å². The lowest BCUT2D eigenvalue weighted by molar-refractivity contribution is 0.0964. The molecule has 1 aromatic heterocycles. The summed E-state index contributed by atoms with van der Waals surface area (Å²) in [5.41, 5.74) is 1.39. The van der Waals surface area contributed by atoms with Crippen LogP contribution in [-0.4, -0.2) is 28.4 Å². The molecule has 0 spiro atoms. The summed E-state index contributed by atoms with van der Waals surface area (Å²) in [6.07, 6.45) is 0. The molecule has 0 atom stereocenters. The van der Waals surface area contributed by atoms with Gasteiger partial charge in [-0.15, -0.1) is 0 Å². The fraction of sp³-hybridized carbons (Fsp3) is 0.158. The van der Waals surface area contributed by atoms with Crippen LogP contribution in [0.25, 0.3) is 10.9 Å². The van der Waals surface area contributed by atoms with Gasteiger partial charge in [0, 0.05) is 19.2 Å². The van der Waals surface area contributed by atoms with Crippen molar-refractivity contribution in [2.75, 3.05) is 12.4 Å². The fourth-order valence-electron chi connectivity index (χ4n) is 2.80. The number of fused-ring (bicyclic) bond motifs is 1. The maximum Gasteiger partial charge on any atom is 0.262 e. The number of carbonyl (C=O) groups excluding carboxylic acids is 2. The Labute approximate surface area is 160 Å². The highest BCUT2D eigenvalue weighted by atomic mass is 32.1. The first kappa shape index (κ1) is 18.5. The molecule has 0 saturated carbocycles. The number of nitrogens with zero attached hydrogens (tertiary/aromatic N) is 1. The monoisotopic (exact) mass is 382 g/mol. The summed E-state index contributed by atoms with van der Waals surface area (Å²) in [6.45, 7) is 2.30. The van der Waals surface area contributed by atoms with E-state index in [4.69, 9.17) is 12.2 Å². The average molecular weight is 382 g/mol. The number of rotatable bonds is 4. The van der Waals surface area contributed by atoms with Gasteiger partial charge in [0.1, 0.15) is 0 Å². The third-order valence-corrected chi connectivity index (χ3v) is 4.53. The minimum absolute atomic E-state index is 0.201. The van der Waals surface area contributed by atoms with Crippen LogP contribution in [0, 0.1) is 4.77 Å². The molecule has 0 aliphatic carbocycles. The van der Waals surface area contributed by atoms with E-state index >= 15 is 0 Å². The van der Waals surface area contributed by atoms with Crippen molar-refractivity contribution in [3.8, 4) is 0 Å². The second-order valence-electron chi connectivity index (χ2n) is 5.82. The number of nitrogens with one attached hydrogen (secondary N) is 3. The molecule has 0 saturated heterocycles. The predicted octanol–water partition coefficient (Wildman–Crippen LogP) is 2.69. The lowest BCUT2D eigenvalue weighted by atomic mass is 10.1. The van der Waals surface area contributed by atoms with Crippen LogP contribution in [0.1, 0.15) is 27.6 Å². The summed E-state index contributed by atoms with van der Waals surface area (Å²) in [4.78, 5) is 40.0. The molecule has 138 valence electrons. The first-order valence-electron chi connectivity index (χ1n) is 8.35. The molecule has 7 nitrogen and oxygen atoms in total. The number of carbonyl (C=O) groups is 2. The SMILES string of the molecule is CCn1c(=S)[nH]c2cc(C(=O)Nc3ccccc3C(=O)NC)ccc2c1=O. The first-order valence-corrected chi connectivity index (χ1v) is 8.76. The quantitative estimate of drug-likeness (QED) is 0.605. The Hall–Kier alpha value is -3.26. The van der Waals surface area contributed by atoms with Crippen molar-refractivity contribution in [1.29, 1.82) is 0 Å². The van der Waals surface area contributed by atoms with E-state index in [9.17, 15) is 14.4 Å². The maximum atomic E-state index is 12.6. The van der Waals surface area contributed by atoms with Gasteiger partial charge in [0.2, 0.25) is 0 Å². The zero-order valence-corrected chi connectivity index (χ0v) is 15.6. The number of aromatic nitrogens is 2. The van der Waals surface area contributed by atoms with Crippen molar-refractivity contribution < 1.29 is 9.59 Å². The fourth-order valence-corrected chi connectivity index (χ4v) is 3.12. The van der Waals surface area contributed by atoms with E-state index in [-0.39, 0.29) is 11.5 Å². The van der Waals surface area contributed by atoms with Gasteiger partial charge in [-0.25, -0.2) is 0 Å². The third-order valence-electron chi connectivity index (χ3n) is 4.21. The maximum absolute atomic E-state index is 12.6. The molecule has 0 aliphatic rings. The molecule has 1 heterocycles. The Morgan fingerprint density at radius 1 is 1.15 bits per heavy atom. The normalized spacial score (nSPS) is 10.6.